The van der Waals surface area contributed by atoms with Crippen LogP contribution < -0.4 is 14.8 Å². The van der Waals surface area contributed by atoms with E-state index in [0.717, 1.165) is 4.90 Å². The van der Waals surface area contributed by atoms with Gasteiger partial charge in [0.15, 0.2) is 24.0 Å². The molecule has 1 atom stereocenters. The fourth-order valence-electron chi connectivity index (χ4n) is 3.44. The van der Waals surface area contributed by atoms with Crippen molar-refractivity contribution in [2.45, 2.75) is 6.92 Å². The minimum Gasteiger partial charge on any atom is -0.497 e. The van der Waals surface area contributed by atoms with Gasteiger partial charge < -0.3 is 19.5 Å². The van der Waals surface area contributed by atoms with Crippen LogP contribution in [0.5, 0.6) is 11.5 Å². The van der Waals surface area contributed by atoms with Crippen LogP contribution in [0.2, 0.25) is 0 Å². The van der Waals surface area contributed by atoms with Crippen molar-refractivity contribution in [2.75, 3.05) is 38.7 Å². The second-order valence-corrected chi connectivity index (χ2v) is 6.74. The molecule has 0 fully saturated rings. The SMILES string of the molecule is CCOC1=CC=NC2=[N+](C)C(=O)N(CC(=O)Nc3ccc4c(c3)OCCO4)C(=O)C12. The summed E-state index contributed by atoms with van der Waals surface area (Å²) in [5.41, 5.74) is 0.471. The molecule has 4 rings (SSSR count). The highest BCUT2D eigenvalue weighted by Gasteiger charge is 2.50. The molecule has 156 valence electrons. The van der Waals surface area contributed by atoms with Crippen LogP contribution >= 0.6 is 0 Å². The van der Waals surface area contributed by atoms with Crippen LogP contribution in [-0.2, 0) is 14.3 Å². The van der Waals surface area contributed by atoms with E-state index in [0.29, 0.717) is 42.8 Å². The first-order valence-electron chi connectivity index (χ1n) is 9.52. The lowest BCUT2D eigenvalue weighted by Gasteiger charge is -2.28. The zero-order chi connectivity index (χ0) is 21.3. The first-order chi connectivity index (χ1) is 14.5. The number of fused-ring (bicyclic) bond motifs is 2. The van der Waals surface area contributed by atoms with Gasteiger partial charge in [0.1, 0.15) is 25.2 Å². The quantitative estimate of drug-likeness (QED) is 0.722. The average Bonchev–Trinajstić information content (AvgIpc) is 2.75. The van der Waals surface area contributed by atoms with Gasteiger partial charge in [-0.2, -0.15) is 9.48 Å². The van der Waals surface area contributed by atoms with E-state index < -0.39 is 30.3 Å². The van der Waals surface area contributed by atoms with E-state index in [1.807, 2.05) is 0 Å². The summed E-state index contributed by atoms with van der Waals surface area (Å²) in [7, 11) is 1.51. The molecule has 4 amide bonds. The number of hydrogen-bond acceptors (Lipinski definition) is 7. The average molecular weight is 413 g/mol. The van der Waals surface area contributed by atoms with Crippen molar-refractivity contribution in [3.63, 3.8) is 0 Å². The van der Waals surface area contributed by atoms with Crippen molar-refractivity contribution in [1.29, 1.82) is 0 Å². The number of rotatable bonds is 5. The summed E-state index contributed by atoms with van der Waals surface area (Å²) in [6.45, 7) is 2.61. The van der Waals surface area contributed by atoms with E-state index >= 15 is 0 Å². The number of aliphatic imine (C=N–C) groups is 1. The molecule has 0 aliphatic carbocycles. The number of imide groups is 1. The van der Waals surface area contributed by atoms with E-state index in [4.69, 9.17) is 14.2 Å². The first kappa shape index (κ1) is 19.6. The fourth-order valence-corrected chi connectivity index (χ4v) is 3.44. The molecule has 0 saturated carbocycles. The van der Waals surface area contributed by atoms with E-state index in [9.17, 15) is 14.4 Å². The number of carbonyl (C=O) groups is 3. The highest BCUT2D eigenvalue weighted by Crippen LogP contribution is 2.32. The minimum absolute atomic E-state index is 0.277. The predicted octanol–water partition coefficient (Wildman–Crippen LogP) is 1.02. The van der Waals surface area contributed by atoms with Crippen molar-refractivity contribution in [2.24, 2.45) is 10.9 Å². The maximum atomic E-state index is 13.0. The van der Waals surface area contributed by atoms with Gasteiger partial charge in [-0.25, -0.2) is 4.79 Å². The number of hydrogen-bond donors (Lipinski definition) is 1. The van der Waals surface area contributed by atoms with Crippen LogP contribution in [0.3, 0.4) is 0 Å². The number of amidine groups is 1. The van der Waals surface area contributed by atoms with E-state index in [1.165, 1.54) is 17.8 Å². The van der Waals surface area contributed by atoms with Gasteiger partial charge in [-0.15, -0.1) is 4.99 Å². The smallest absolute Gasteiger partial charge is 0.446 e. The molecule has 1 aromatic carbocycles. The maximum Gasteiger partial charge on any atom is 0.446 e. The third-order valence-electron chi connectivity index (χ3n) is 4.80. The molecule has 1 N–H and O–H groups in total. The van der Waals surface area contributed by atoms with Crippen LogP contribution in [0, 0.1) is 5.92 Å². The van der Waals surface area contributed by atoms with Gasteiger partial charge in [0.05, 0.1) is 13.7 Å². The van der Waals surface area contributed by atoms with Crippen LogP contribution in [0.1, 0.15) is 6.92 Å². The largest absolute Gasteiger partial charge is 0.497 e. The number of amides is 4. The Morgan fingerprint density at radius 1 is 1.30 bits per heavy atom. The highest BCUT2D eigenvalue weighted by atomic mass is 16.6. The normalized spacial score (nSPS) is 20.0. The zero-order valence-electron chi connectivity index (χ0n) is 16.6. The van der Waals surface area contributed by atoms with Crippen molar-refractivity contribution >= 4 is 35.6 Å². The Kier molecular flexibility index (Phi) is 5.21. The summed E-state index contributed by atoms with van der Waals surface area (Å²) in [4.78, 5) is 43.4. The Balaban J connectivity index is 1.51. The number of carbonyl (C=O) groups excluding carboxylic acids is 3. The van der Waals surface area contributed by atoms with Gasteiger partial charge in [-0.1, -0.05) is 0 Å². The van der Waals surface area contributed by atoms with Gasteiger partial charge >= 0.3 is 11.9 Å². The fraction of sp³-hybridized carbons (Fsp3) is 0.350. The monoisotopic (exact) mass is 413 g/mol. The van der Waals surface area contributed by atoms with E-state index in [-0.39, 0.29) is 5.84 Å². The maximum absolute atomic E-state index is 13.0. The van der Waals surface area contributed by atoms with Gasteiger partial charge in [0.25, 0.3) is 11.7 Å². The molecule has 0 bridgehead atoms. The van der Waals surface area contributed by atoms with Gasteiger partial charge in [-0.3, -0.25) is 9.59 Å². The van der Waals surface area contributed by atoms with Crippen molar-refractivity contribution in [3.8, 4) is 11.5 Å². The first-order valence-corrected chi connectivity index (χ1v) is 9.52. The molecule has 3 heterocycles. The summed E-state index contributed by atoms with van der Waals surface area (Å²) in [6.07, 6.45) is 3.07. The Labute approximate surface area is 172 Å². The second kappa shape index (κ2) is 7.97. The number of nitrogens with zero attached hydrogens (tertiary/aromatic N) is 3. The number of urea groups is 1. The number of nitrogens with one attached hydrogen (secondary N) is 1. The lowest BCUT2D eigenvalue weighted by Crippen LogP contribution is -2.56. The minimum atomic E-state index is -0.861. The molecular weight excluding hydrogens is 392 g/mol. The number of allylic oxidation sites excluding steroid dienone is 1. The second-order valence-electron chi connectivity index (χ2n) is 6.74. The van der Waals surface area contributed by atoms with Crippen LogP contribution in [0.15, 0.2) is 35.0 Å². The number of anilines is 1. The molecule has 0 spiro atoms. The molecule has 30 heavy (non-hydrogen) atoms. The van der Waals surface area contributed by atoms with Crippen LogP contribution in [0.4, 0.5) is 10.5 Å². The summed E-state index contributed by atoms with van der Waals surface area (Å²) < 4.78 is 17.8. The number of ether oxygens (including phenoxy) is 3. The Morgan fingerprint density at radius 2 is 2.07 bits per heavy atom. The summed E-state index contributed by atoms with van der Waals surface area (Å²) in [6, 6.07) is 4.36. The summed E-state index contributed by atoms with van der Waals surface area (Å²) in [5, 5.41) is 2.68. The van der Waals surface area contributed by atoms with E-state index in [2.05, 4.69) is 10.3 Å². The van der Waals surface area contributed by atoms with Crippen LogP contribution in [0.25, 0.3) is 0 Å². The van der Waals surface area contributed by atoms with Crippen molar-refractivity contribution in [1.82, 2.24) is 4.90 Å². The predicted molar refractivity (Wildman–Crippen MR) is 106 cm³/mol. The van der Waals surface area contributed by atoms with Crippen molar-refractivity contribution in [3.05, 3.63) is 30.0 Å². The highest BCUT2D eigenvalue weighted by molar-refractivity contribution is 6.16. The molecule has 0 aromatic heterocycles. The standard InChI is InChI=1S/C20H20N4O6/c1-3-28-14-6-7-21-18-17(14)19(26)24(20(27)23(18)2)11-16(25)22-12-4-5-13-15(10-12)30-9-8-29-13/h4-7,10,17H,3,8-9,11H2,1-2H3/p+1. The topological polar surface area (TPSA) is 110 Å². The van der Waals surface area contributed by atoms with E-state index in [1.54, 1.807) is 31.2 Å². The summed E-state index contributed by atoms with van der Waals surface area (Å²) >= 11 is 0. The molecule has 1 unspecified atom stereocenters. The Hall–Kier alpha value is -3.69. The van der Waals surface area contributed by atoms with Crippen LogP contribution in [-0.4, -0.2) is 72.8 Å². The molecule has 3 aliphatic rings. The van der Waals surface area contributed by atoms with Gasteiger partial charge in [0, 0.05) is 17.8 Å². The zero-order valence-corrected chi connectivity index (χ0v) is 16.6. The Bertz CT molecular complexity index is 1010. The number of benzene rings is 1. The molecule has 0 saturated heterocycles. The molecule has 0 radical (unpaired) electrons. The van der Waals surface area contributed by atoms with Gasteiger partial charge in [-0.05, 0) is 19.1 Å². The molecular formula is C20H21N4O6+. The lowest BCUT2D eigenvalue weighted by molar-refractivity contribution is -0.408. The third-order valence-corrected chi connectivity index (χ3v) is 4.80. The van der Waals surface area contributed by atoms with Gasteiger partial charge in [0.2, 0.25) is 0 Å². The Morgan fingerprint density at radius 3 is 2.83 bits per heavy atom. The molecule has 10 heteroatoms. The van der Waals surface area contributed by atoms with Crippen molar-refractivity contribution < 1.29 is 33.2 Å². The molecule has 3 aliphatic heterocycles. The molecule has 10 nitrogen and oxygen atoms in total. The summed E-state index contributed by atoms with van der Waals surface area (Å²) in [5.74, 6) is -0.148. The number of dihydropyridines is 1. The lowest BCUT2D eigenvalue weighted by atomic mass is 9.99. The third kappa shape index (κ3) is 3.51. The molecule has 1 aromatic rings.